The van der Waals surface area contributed by atoms with Crippen molar-refractivity contribution in [2.45, 2.75) is 41.5 Å². The largest absolute Gasteiger partial charge is 0.323 e. The Morgan fingerprint density at radius 3 is 1.18 bits per heavy atom. The molecule has 2 heteroatoms. The van der Waals surface area contributed by atoms with Crippen molar-refractivity contribution in [3.63, 3.8) is 0 Å². The van der Waals surface area contributed by atoms with E-state index in [1.165, 1.54) is 0 Å². The lowest BCUT2D eigenvalue weighted by Gasteiger charge is -2.31. The molecule has 0 aromatic carbocycles. The van der Waals surface area contributed by atoms with Gasteiger partial charge in [0, 0.05) is 16.5 Å². The third-order valence-electron chi connectivity index (χ3n) is 1.55. The first kappa shape index (κ1) is 10.5. The Kier molecular flexibility index (Phi) is 2.70. The average Bonchev–Trinajstić information content (AvgIpc) is 1.56. The van der Waals surface area contributed by atoms with Crippen LogP contribution in [0.3, 0.4) is 0 Å². The lowest BCUT2D eigenvalue weighted by molar-refractivity contribution is 0.476. The normalized spacial score (nSPS) is 12.9. The molecular formula is C9H20N2. The molecule has 2 N–H and O–H groups in total. The second-order valence-electron chi connectivity index (χ2n) is 4.98. The Morgan fingerprint density at radius 2 is 1.18 bits per heavy atom. The summed E-state index contributed by atoms with van der Waals surface area (Å²) in [4.78, 5) is 0. The minimum absolute atomic E-state index is 0.0764. The van der Waals surface area contributed by atoms with E-state index in [4.69, 9.17) is 5.84 Å². The van der Waals surface area contributed by atoms with Crippen LogP contribution < -0.4 is 5.84 Å². The van der Waals surface area contributed by atoms with Crippen LogP contribution in [0.2, 0.25) is 0 Å². The lowest BCUT2D eigenvalue weighted by Crippen LogP contribution is -2.33. The predicted molar refractivity (Wildman–Crippen MR) is 50.5 cm³/mol. The van der Waals surface area contributed by atoms with Crippen molar-refractivity contribution in [2.75, 3.05) is 0 Å². The average molecular weight is 156 g/mol. The number of rotatable bonds is 0. The molecule has 0 atom stereocenters. The maximum atomic E-state index is 5.33. The summed E-state index contributed by atoms with van der Waals surface area (Å²) in [7, 11) is 0. The van der Waals surface area contributed by atoms with Gasteiger partial charge in [-0.2, -0.15) is 5.10 Å². The molecule has 0 aromatic rings. The van der Waals surface area contributed by atoms with Crippen LogP contribution in [0.5, 0.6) is 0 Å². The molecule has 0 heterocycles. The highest BCUT2D eigenvalue weighted by atomic mass is 15.1. The first-order valence-electron chi connectivity index (χ1n) is 3.98. The molecule has 0 aliphatic carbocycles. The van der Waals surface area contributed by atoms with E-state index >= 15 is 0 Å². The molecule has 0 spiro atoms. The van der Waals surface area contributed by atoms with E-state index in [9.17, 15) is 0 Å². The Hall–Kier alpha value is -0.530. The van der Waals surface area contributed by atoms with Crippen LogP contribution >= 0.6 is 0 Å². The summed E-state index contributed by atoms with van der Waals surface area (Å²) in [5.41, 5.74) is 1.21. The van der Waals surface area contributed by atoms with E-state index in [1.54, 1.807) is 0 Å². The molecule has 66 valence electrons. The molecule has 0 aromatic heterocycles. The van der Waals surface area contributed by atoms with Crippen LogP contribution in [-0.2, 0) is 0 Å². The molecule has 0 saturated heterocycles. The first-order chi connectivity index (χ1) is 4.69. The van der Waals surface area contributed by atoms with Gasteiger partial charge in [0.25, 0.3) is 0 Å². The number of nitrogens with two attached hydrogens (primary N) is 1. The fourth-order valence-electron chi connectivity index (χ4n) is 1.51. The number of hydrogen-bond donors (Lipinski definition) is 1. The standard InChI is InChI=1S/C9H20N2/c1-8(2,3)7(11-10)9(4,5)6/h10H2,1-6H3. The Bertz CT molecular complexity index is 139. The molecule has 0 saturated carbocycles. The van der Waals surface area contributed by atoms with Gasteiger partial charge in [-0.1, -0.05) is 41.5 Å². The van der Waals surface area contributed by atoms with Crippen molar-refractivity contribution in [3.05, 3.63) is 0 Å². The number of hydrazone groups is 1. The van der Waals surface area contributed by atoms with Crippen LogP contribution in [0.25, 0.3) is 0 Å². The van der Waals surface area contributed by atoms with Gasteiger partial charge in [-0.05, 0) is 0 Å². The summed E-state index contributed by atoms with van der Waals surface area (Å²) < 4.78 is 0. The molecule has 0 fully saturated rings. The van der Waals surface area contributed by atoms with Crippen LogP contribution in [-0.4, -0.2) is 5.71 Å². The van der Waals surface area contributed by atoms with E-state index in [1.807, 2.05) is 0 Å². The van der Waals surface area contributed by atoms with Gasteiger partial charge in [0.2, 0.25) is 0 Å². The van der Waals surface area contributed by atoms with Crippen molar-refractivity contribution >= 4 is 5.71 Å². The Balaban J connectivity index is 4.74. The zero-order valence-electron chi connectivity index (χ0n) is 8.52. The number of hydrogen-bond acceptors (Lipinski definition) is 2. The highest BCUT2D eigenvalue weighted by Gasteiger charge is 2.29. The molecule has 0 aliphatic heterocycles. The van der Waals surface area contributed by atoms with Crippen molar-refractivity contribution in [2.24, 2.45) is 21.8 Å². The van der Waals surface area contributed by atoms with Crippen molar-refractivity contribution in [1.29, 1.82) is 0 Å². The van der Waals surface area contributed by atoms with Gasteiger partial charge in [-0.3, -0.25) is 0 Å². The van der Waals surface area contributed by atoms with Gasteiger partial charge in [0.05, 0.1) is 0 Å². The highest BCUT2D eigenvalue weighted by molar-refractivity contribution is 5.93. The fourth-order valence-corrected chi connectivity index (χ4v) is 1.51. The van der Waals surface area contributed by atoms with Gasteiger partial charge in [0.15, 0.2) is 0 Å². The maximum Gasteiger partial charge on any atom is 0.0482 e. The molecule has 0 rings (SSSR count). The highest BCUT2D eigenvalue weighted by Crippen LogP contribution is 2.29. The Morgan fingerprint density at radius 1 is 0.909 bits per heavy atom. The van der Waals surface area contributed by atoms with Gasteiger partial charge in [0.1, 0.15) is 0 Å². The Labute approximate surface area is 69.9 Å². The first-order valence-corrected chi connectivity index (χ1v) is 3.98. The minimum atomic E-state index is 0.0764. The monoisotopic (exact) mass is 156 g/mol. The molecule has 0 amide bonds. The molecular weight excluding hydrogens is 136 g/mol. The topological polar surface area (TPSA) is 38.4 Å². The lowest BCUT2D eigenvalue weighted by atomic mass is 9.75. The van der Waals surface area contributed by atoms with E-state index in [0.29, 0.717) is 0 Å². The predicted octanol–water partition coefficient (Wildman–Crippen LogP) is 2.39. The van der Waals surface area contributed by atoms with Gasteiger partial charge in [-0.25, -0.2) is 0 Å². The minimum Gasteiger partial charge on any atom is -0.323 e. The van der Waals surface area contributed by atoms with E-state index in [0.717, 1.165) is 5.71 Å². The fraction of sp³-hybridized carbons (Fsp3) is 0.889. The summed E-state index contributed by atoms with van der Waals surface area (Å²) in [6.07, 6.45) is 0. The number of nitrogens with zero attached hydrogens (tertiary/aromatic N) is 1. The molecule has 11 heavy (non-hydrogen) atoms. The third-order valence-corrected chi connectivity index (χ3v) is 1.55. The smallest absolute Gasteiger partial charge is 0.0482 e. The summed E-state index contributed by atoms with van der Waals surface area (Å²) in [5.74, 6) is 5.33. The van der Waals surface area contributed by atoms with Gasteiger partial charge >= 0.3 is 0 Å². The van der Waals surface area contributed by atoms with E-state index < -0.39 is 0 Å². The quantitative estimate of drug-likeness (QED) is 0.326. The van der Waals surface area contributed by atoms with Crippen molar-refractivity contribution in [1.82, 2.24) is 0 Å². The summed E-state index contributed by atoms with van der Waals surface area (Å²) in [6.45, 7) is 12.8. The molecule has 0 unspecified atom stereocenters. The molecule has 0 bridgehead atoms. The van der Waals surface area contributed by atoms with Crippen LogP contribution in [0.1, 0.15) is 41.5 Å². The second-order valence-corrected chi connectivity index (χ2v) is 4.98. The van der Waals surface area contributed by atoms with Crippen LogP contribution in [0.4, 0.5) is 0 Å². The van der Waals surface area contributed by atoms with E-state index in [-0.39, 0.29) is 10.8 Å². The zero-order valence-corrected chi connectivity index (χ0v) is 8.52. The SMILES string of the molecule is CC(C)(C)C(=NN)C(C)(C)C. The second kappa shape index (κ2) is 2.84. The molecule has 0 radical (unpaired) electrons. The van der Waals surface area contributed by atoms with Gasteiger partial charge in [-0.15, -0.1) is 0 Å². The summed E-state index contributed by atoms with van der Waals surface area (Å²) in [5, 5.41) is 3.85. The van der Waals surface area contributed by atoms with Crippen molar-refractivity contribution < 1.29 is 0 Å². The summed E-state index contributed by atoms with van der Waals surface area (Å²) in [6, 6.07) is 0. The maximum absolute atomic E-state index is 5.33. The molecule has 2 nitrogen and oxygen atoms in total. The third kappa shape index (κ3) is 2.91. The summed E-state index contributed by atoms with van der Waals surface area (Å²) >= 11 is 0. The van der Waals surface area contributed by atoms with Crippen LogP contribution in [0, 0.1) is 10.8 Å². The van der Waals surface area contributed by atoms with Crippen LogP contribution in [0.15, 0.2) is 5.10 Å². The van der Waals surface area contributed by atoms with E-state index in [2.05, 4.69) is 46.6 Å². The zero-order chi connectivity index (χ0) is 9.28. The van der Waals surface area contributed by atoms with Gasteiger partial charge < -0.3 is 5.84 Å². The van der Waals surface area contributed by atoms with Crippen molar-refractivity contribution in [3.8, 4) is 0 Å². The molecule has 0 aliphatic rings.